The molecule has 8 nitrogen and oxygen atoms in total. The molecule has 0 N–H and O–H groups in total. The van der Waals surface area contributed by atoms with Gasteiger partial charge in [-0.25, -0.2) is 0 Å². The van der Waals surface area contributed by atoms with Gasteiger partial charge >= 0.3 is 27.6 Å². The summed E-state index contributed by atoms with van der Waals surface area (Å²) in [4.78, 5) is 35.7. The quantitative estimate of drug-likeness (QED) is 0.145. The number of carbonyl (C=O) groups is 3. The summed E-state index contributed by atoms with van der Waals surface area (Å²) >= 11 is 0. The highest BCUT2D eigenvalue weighted by Gasteiger charge is 2.49. The Morgan fingerprint density at radius 2 is 1.33 bits per heavy atom. The van der Waals surface area contributed by atoms with Gasteiger partial charge in [0, 0.05) is 18.4 Å². The number of halogens is 3. The van der Waals surface area contributed by atoms with Crippen LogP contribution in [-0.4, -0.2) is 31.6 Å². The van der Waals surface area contributed by atoms with Crippen LogP contribution in [0.25, 0.3) is 0 Å². The number of alkyl halides is 3. The molecule has 250 valence electrons. The number of allylic oxidation sites excluding steroid dienone is 2. The van der Waals surface area contributed by atoms with E-state index in [1.165, 1.54) is 0 Å². The number of carbonyl (C=O) groups excluding carboxylic acids is 3. The molecule has 2 aliphatic carbocycles. The van der Waals surface area contributed by atoms with E-state index in [-0.39, 0.29) is 55.6 Å². The Labute approximate surface area is 267 Å². The van der Waals surface area contributed by atoms with E-state index in [1.54, 1.807) is 38.1 Å². The third kappa shape index (κ3) is 10.9. The van der Waals surface area contributed by atoms with Crippen molar-refractivity contribution < 1.29 is 49.6 Å². The van der Waals surface area contributed by atoms with Gasteiger partial charge in [-0.1, -0.05) is 80.1 Å². The van der Waals surface area contributed by atoms with Crippen molar-refractivity contribution in [1.29, 1.82) is 0 Å². The Bertz CT molecular complexity index is 1540. The normalized spacial score (nSPS) is 16.7. The van der Waals surface area contributed by atoms with Crippen LogP contribution in [0, 0.1) is 5.41 Å². The zero-order chi connectivity index (χ0) is 34.0. The second-order valence-electron chi connectivity index (χ2n) is 11.8. The van der Waals surface area contributed by atoms with Crippen molar-refractivity contribution in [3.8, 4) is 0 Å². The fourth-order valence-electron chi connectivity index (χ4n) is 5.15. The molecule has 0 amide bonds. The van der Waals surface area contributed by atoms with E-state index < -0.39 is 27.0 Å². The molecule has 0 radical (unpaired) electrons. The van der Waals surface area contributed by atoms with Crippen molar-refractivity contribution in [3.05, 3.63) is 94.3 Å². The van der Waals surface area contributed by atoms with Crippen LogP contribution in [0.3, 0.4) is 0 Å². The largest absolute Gasteiger partial charge is 0.534 e. The molecule has 12 heteroatoms. The Hall–Kier alpha value is -3.93. The minimum atomic E-state index is -5.78. The SMILES string of the molecule is CC1(C)CCCC(OS(=O)(=O)C(F)(F)F)=C1CC(=O)OCc1ccccc1.CC1=C(CC(=O)OCc2ccccc2)C(=O)CCC1. The van der Waals surface area contributed by atoms with E-state index in [2.05, 4.69) is 4.18 Å². The van der Waals surface area contributed by atoms with Crippen molar-refractivity contribution in [2.75, 3.05) is 0 Å². The van der Waals surface area contributed by atoms with E-state index in [0.717, 1.165) is 29.5 Å². The molecule has 0 spiro atoms. The van der Waals surface area contributed by atoms with E-state index >= 15 is 0 Å². The van der Waals surface area contributed by atoms with Gasteiger partial charge in [0.05, 0.1) is 12.8 Å². The van der Waals surface area contributed by atoms with E-state index in [4.69, 9.17) is 9.47 Å². The van der Waals surface area contributed by atoms with Crippen molar-refractivity contribution in [1.82, 2.24) is 0 Å². The number of ketones is 1. The summed E-state index contributed by atoms with van der Waals surface area (Å²) in [7, 11) is -5.78. The number of Topliss-reactive ketones (excluding diaryl/α,β-unsaturated/α-hetero) is 1. The third-order valence-corrected chi connectivity index (χ3v) is 8.78. The fourth-order valence-corrected chi connectivity index (χ4v) is 5.69. The summed E-state index contributed by atoms with van der Waals surface area (Å²) in [5.74, 6) is -1.21. The summed E-state index contributed by atoms with van der Waals surface area (Å²) in [6.45, 7) is 5.67. The lowest BCUT2D eigenvalue weighted by atomic mass is 9.73. The predicted molar refractivity (Wildman–Crippen MR) is 164 cm³/mol. The van der Waals surface area contributed by atoms with Crippen molar-refractivity contribution in [2.24, 2.45) is 5.41 Å². The molecule has 2 aliphatic rings. The lowest BCUT2D eigenvalue weighted by Gasteiger charge is -2.34. The maximum Gasteiger partial charge on any atom is 0.534 e. The lowest BCUT2D eigenvalue weighted by Crippen LogP contribution is -2.29. The van der Waals surface area contributed by atoms with E-state index in [1.807, 2.05) is 43.3 Å². The average molecular weight is 665 g/mol. The first-order valence-electron chi connectivity index (χ1n) is 14.9. The molecule has 46 heavy (non-hydrogen) atoms. The van der Waals surface area contributed by atoms with Gasteiger partial charge < -0.3 is 13.7 Å². The smallest absolute Gasteiger partial charge is 0.461 e. The third-order valence-electron chi connectivity index (χ3n) is 7.79. The Balaban J connectivity index is 0.000000266. The molecule has 0 heterocycles. The lowest BCUT2D eigenvalue weighted by molar-refractivity contribution is -0.145. The monoisotopic (exact) mass is 664 g/mol. The Morgan fingerprint density at radius 3 is 1.83 bits per heavy atom. The molecule has 4 rings (SSSR count). The number of hydrogen-bond donors (Lipinski definition) is 0. The summed E-state index contributed by atoms with van der Waals surface area (Å²) in [6.07, 6.45) is 3.20. The molecule has 0 saturated carbocycles. The minimum absolute atomic E-state index is 0.0139. The zero-order valence-electron chi connectivity index (χ0n) is 26.2. The van der Waals surface area contributed by atoms with Gasteiger partial charge in [-0.05, 0) is 54.7 Å². The first-order chi connectivity index (χ1) is 21.6. The number of benzene rings is 2. The van der Waals surface area contributed by atoms with Gasteiger partial charge in [0.1, 0.15) is 19.0 Å². The molecule has 0 saturated heterocycles. The van der Waals surface area contributed by atoms with Crippen LogP contribution in [0.5, 0.6) is 0 Å². The van der Waals surface area contributed by atoms with Crippen LogP contribution in [0.4, 0.5) is 13.2 Å². The standard InChI is InChI=1S/C18H21F3O5S.C16H18O3/c1-17(2)10-6-9-15(26-27(23,24)18(19,20)21)14(17)11-16(22)25-12-13-7-4-3-5-8-13;1-12-6-5-9-15(17)14(12)10-16(18)19-11-13-7-3-2-4-8-13/h3-5,7-8H,6,9-12H2,1-2H3;2-4,7-8H,5-6,9-11H2,1H3. The summed E-state index contributed by atoms with van der Waals surface area (Å²) in [5, 5.41) is 0. The molecule has 0 aromatic heterocycles. The highest BCUT2D eigenvalue weighted by atomic mass is 32.2. The molecule has 0 bridgehead atoms. The highest BCUT2D eigenvalue weighted by Crippen LogP contribution is 2.44. The first-order valence-corrected chi connectivity index (χ1v) is 16.3. The van der Waals surface area contributed by atoms with Crippen LogP contribution < -0.4 is 0 Å². The van der Waals surface area contributed by atoms with Gasteiger partial charge in [-0.15, -0.1) is 0 Å². The maximum absolute atomic E-state index is 12.7. The zero-order valence-corrected chi connectivity index (χ0v) is 27.0. The van der Waals surface area contributed by atoms with Crippen LogP contribution in [0.15, 0.2) is 83.1 Å². The predicted octanol–water partition coefficient (Wildman–Crippen LogP) is 7.64. The van der Waals surface area contributed by atoms with Gasteiger partial charge in [0.2, 0.25) is 0 Å². The highest BCUT2D eigenvalue weighted by molar-refractivity contribution is 7.87. The van der Waals surface area contributed by atoms with E-state index in [0.29, 0.717) is 24.8 Å². The molecular formula is C34H39F3O8S. The average Bonchev–Trinajstić information content (AvgIpc) is 2.99. The van der Waals surface area contributed by atoms with Crippen molar-refractivity contribution in [3.63, 3.8) is 0 Å². The van der Waals surface area contributed by atoms with Crippen molar-refractivity contribution >= 4 is 27.8 Å². The number of esters is 2. The second kappa shape index (κ2) is 16.1. The minimum Gasteiger partial charge on any atom is -0.461 e. The Morgan fingerprint density at radius 1 is 0.804 bits per heavy atom. The molecule has 2 aromatic rings. The number of hydrogen-bond acceptors (Lipinski definition) is 8. The van der Waals surface area contributed by atoms with Gasteiger partial charge in [-0.3, -0.25) is 14.4 Å². The Kier molecular flexibility index (Phi) is 12.8. The molecule has 0 atom stereocenters. The van der Waals surface area contributed by atoms with Gasteiger partial charge in [-0.2, -0.15) is 21.6 Å². The summed E-state index contributed by atoms with van der Waals surface area (Å²) < 4.78 is 75.5. The van der Waals surface area contributed by atoms with Crippen LogP contribution in [-0.2, 0) is 51.4 Å². The summed E-state index contributed by atoms with van der Waals surface area (Å²) in [5.41, 5.74) is -2.58. The number of rotatable bonds is 10. The van der Waals surface area contributed by atoms with Gasteiger partial charge in [0.25, 0.3) is 0 Å². The van der Waals surface area contributed by atoms with Crippen molar-refractivity contribution in [2.45, 2.75) is 90.9 Å². The number of ether oxygens (including phenoxy) is 2. The van der Waals surface area contributed by atoms with Crippen LogP contribution in [0.2, 0.25) is 0 Å². The fraction of sp³-hybridized carbons (Fsp3) is 0.441. The second-order valence-corrected chi connectivity index (χ2v) is 13.3. The van der Waals surface area contributed by atoms with Crippen LogP contribution in [0.1, 0.15) is 83.3 Å². The molecular weight excluding hydrogens is 625 g/mol. The molecule has 0 aliphatic heterocycles. The van der Waals surface area contributed by atoms with Gasteiger partial charge in [0.15, 0.2) is 5.78 Å². The topological polar surface area (TPSA) is 113 Å². The first kappa shape index (κ1) is 36.5. The van der Waals surface area contributed by atoms with E-state index in [9.17, 15) is 36.0 Å². The molecule has 0 unspecified atom stereocenters. The molecule has 0 fully saturated rings. The van der Waals surface area contributed by atoms with Crippen LogP contribution >= 0.6 is 0 Å². The maximum atomic E-state index is 12.7. The summed E-state index contributed by atoms with van der Waals surface area (Å²) in [6, 6.07) is 18.4. The molecule has 2 aromatic carbocycles.